The predicted molar refractivity (Wildman–Crippen MR) is 141 cm³/mol. The molecule has 1 aliphatic carbocycles. The molecule has 6 heteroatoms. The SMILES string of the molecule is Cc1ccc(CN2C(=O)/C(=C\c3ccc(C(=O)NCC4CCCO4)cc3)SC3CCCCC32)cc1. The summed E-state index contributed by atoms with van der Waals surface area (Å²) in [6.07, 6.45) is 8.83. The lowest BCUT2D eigenvalue weighted by atomic mass is 9.92. The van der Waals surface area contributed by atoms with Crippen molar-refractivity contribution in [2.45, 2.75) is 69.4 Å². The summed E-state index contributed by atoms with van der Waals surface area (Å²) >= 11 is 1.74. The van der Waals surface area contributed by atoms with Crippen molar-refractivity contribution in [3.63, 3.8) is 0 Å². The van der Waals surface area contributed by atoms with Gasteiger partial charge in [0.25, 0.3) is 11.8 Å². The highest BCUT2D eigenvalue weighted by atomic mass is 32.2. The van der Waals surface area contributed by atoms with Crippen LogP contribution in [-0.4, -0.2) is 47.3 Å². The van der Waals surface area contributed by atoms with Gasteiger partial charge in [-0.1, -0.05) is 54.8 Å². The molecule has 3 atom stereocenters. The molecule has 5 nitrogen and oxygen atoms in total. The minimum absolute atomic E-state index is 0.0860. The number of nitrogens with zero attached hydrogens (tertiary/aromatic N) is 1. The molecule has 1 saturated carbocycles. The van der Waals surface area contributed by atoms with Crippen molar-refractivity contribution < 1.29 is 14.3 Å². The van der Waals surface area contributed by atoms with Crippen molar-refractivity contribution in [2.24, 2.45) is 0 Å². The average molecular weight is 491 g/mol. The first-order valence-corrected chi connectivity index (χ1v) is 13.7. The van der Waals surface area contributed by atoms with E-state index in [-0.39, 0.29) is 17.9 Å². The van der Waals surface area contributed by atoms with E-state index in [1.54, 1.807) is 11.8 Å². The van der Waals surface area contributed by atoms with Crippen molar-refractivity contribution in [3.8, 4) is 0 Å². The first-order valence-electron chi connectivity index (χ1n) is 12.8. The monoisotopic (exact) mass is 490 g/mol. The van der Waals surface area contributed by atoms with Gasteiger partial charge in [0.15, 0.2) is 0 Å². The number of hydrogen-bond donors (Lipinski definition) is 1. The van der Waals surface area contributed by atoms with E-state index >= 15 is 0 Å². The molecule has 3 unspecified atom stereocenters. The molecular formula is C29H34N2O3S. The number of hydrogen-bond acceptors (Lipinski definition) is 4. The second-order valence-corrected chi connectivity index (χ2v) is 11.2. The summed E-state index contributed by atoms with van der Waals surface area (Å²) in [5.41, 5.74) is 3.98. The standard InChI is InChI=1S/C29H34N2O3S/c1-20-8-10-22(11-9-20)19-31-25-6-2-3-7-26(25)35-27(29(31)33)17-21-12-14-23(15-13-21)28(32)30-18-24-5-4-16-34-24/h8-15,17,24-26H,2-7,16,18-19H2,1H3,(H,30,32)/b27-17+. The molecule has 5 rings (SSSR count). The summed E-state index contributed by atoms with van der Waals surface area (Å²) in [7, 11) is 0. The summed E-state index contributed by atoms with van der Waals surface area (Å²) in [6.45, 7) is 4.07. The smallest absolute Gasteiger partial charge is 0.260 e. The fourth-order valence-electron chi connectivity index (χ4n) is 5.25. The molecule has 1 N–H and O–H groups in total. The van der Waals surface area contributed by atoms with E-state index in [4.69, 9.17) is 4.74 Å². The normalized spacial score (nSPS) is 25.5. The molecule has 2 aromatic carbocycles. The molecule has 2 saturated heterocycles. The zero-order valence-electron chi connectivity index (χ0n) is 20.4. The van der Waals surface area contributed by atoms with Crippen molar-refractivity contribution >= 4 is 29.7 Å². The van der Waals surface area contributed by atoms with Gasteiger partial charge in [0.05, 0.1) is 11.0 Å². The van der Waals surface area contributed by atoms with Crippen LogP contribution in [0, 0.1) is 6.92 Å². The Morgan fingerprint density at radius 2 is 1.83 bits per heavy atom. The second-order valence-electron chi connectivity index (χ2n) is 9.90. The third-order valence-corrected chi connectivity index (χ3v) is 8.68. The number of ether oxygens (including phenoxy) is 1. The van der Waals surface area contributed by atoms with Gasteiger partial charge < -0.3 is 15.0 Å². The molecular weight excluding hydrogens is 456 g/mol. The lowest BCUT2D eigenvalue weighted by molar-refractivity contribution is -0.130. The Bertz CT molecular complexity index is 1070. The third kappa shape index (κ3) is 5.81. The number of fused-ring (bicyclic) bond motifs is 1. The molecule has 2 aliphatic heterocycles. The number of nitrogens with one attached hydrogen (secondary N) is 1. The first-order chi connectivity index (χ1) is 17.1. The van der Waals surface area contributed by atoms with Gasteiger partial charge in [-0.2, -0.15) is 0 Å². The van der Waals surface area contributed by atoms with Crippen molar-refractivity contribution in [2.75, 3.05) is 13.2 Å². The van der Waals surface area contributed by atoms with E-state index < -0.39 is 0 Å². The van der Waals surface area contributed by atoms with Crippen LogP contribution in [0.1, 0.15) is 65.6 Å². The van der Waals surface area contributed by atoms with Gasteiger partial charge in [-0.25, -0.2) is 0 Å². The highest BCUT2D eigenvalue weighted by Crippen LogP contribution is 2.42. The van der Waals surface area contributed by atoms with Gasteiger partial charge in [0, 0.05) is 36.6 Å². The van der Waals surface area contributed by atoms with E-state index in [2.05, 4.69) is 41.4 Å². The predicted octanol–water partition coefficient (Wildman–Crippen LogP) is 5.33. The quantitative estimate of drug-likeness (QED) is 0.556. The number of amides is 2. The summed E-state index contributed by atoms with van der Waals surface area (Å²) in [5.74, 6) is 0.0363. The highest BCUT2D eigenvalue weighted by molar-refractivity contribution is 8.04. The highest BCUT2D eigenvalue weighted by Gasteiger charge is 2.40. The number of thioether (sulfide) groups is 1. The molecule has 2 aromatic rings. The Balaban J connectivity index is 1.29. The maximum Gasteiger partial charge on any atom is 0.260 e. The summed E-state index contributed by atoms with van der Waals surface area (Å²) in [5, 5.41) is 3.41. The minimum atomic E-state index is -0.0860. The van der Waals surface area contributed by atoms with Gasteiger partial charge in [0.2, 0.25) is 0 Å². The Morgan fingerprint density at radius 3 is 2.57 bits per heavy atom. The zero-order chi connectivity index (χ0) is 24.2. The Kier molecular flexibility index (Phi) is 7.59. The molecule has 2 amide bonds. The molecule has 0 radical (unpaired) electrons. The van der Waals surface area contributed by atoms with Crippen molar-refractivity contribution in [1.29, 1.82) is 0 Å². The van der Waals surface area contributed by atoms with E-state index in [9.17, 15) is 9.59 Å². The molecule has 3 fully saturated rings. The summed E-state index contributed by atoms with van der Waals surface area (Å²) < 4.78 is 5.58. The van der Waals surface area contributed by atoms with Gasteiger partial charge in [-0.3, -0.25) is 9.59 Å². The van der Waals surface area contributed by atoms with E-state index in [0.29, 0.717) is 29.9 Å². The molecule has 0 spiro atoms. The minimum Gasteiger partial charge on any atom is -0.376 e. The summed E-state index contributed by atoms with van der Waals surface area (Å²) in [6, 6.07) is 16.3. The van der Waals surface area contributed by atoms with E-state index in [1.807, 2.05) is 30.3 Å². The average Bonchev–Trinajstić information content (AvgIpc) is 3.40. The first kappa shape index (κ1) is 24.1. The Hall–Kier alpha value is -2.57. The largest absolute Gasteiger partial charge is 0.376 e. The van der Waals surface area contributed by atoms with Crippen molar-refractivity contribution in [1.82, 2.24) is 10.2 Å². The van der Waals surface area contributed by atoms with Crippen LogP contribution in [0.15, 0.2) is 53.4 Å². The van der Waals surface area contributed by atoms with Gasteiger partial charge in [0.1, 0.15) is 0 Å². The number of carbonyl (C=O) groups is 2. The Labute approximate surface area is 212 Å². The van der Waals surface area contributed by atoms with Crippen LogP contribution in [0.4, 0.5) is 0 Å². The second kappa shape index (κ2) is 11.0. The molecule has 0 bridgehead atoms. The number of rotatable bonds is 6. The molecule has 3 aliphatic rings. The van der Waals surface area contributed by atoms with Crippen LogP contribution in [-0.2, 0) is 16.1 Å². The maximum absolute atomic E-state index is 13.6. The zero-order valence-corrected chi connectivity index (χ0v) is 21.2. The van der Waals surface area contributed by atoms with Crippen LogP contribution >= 0.6 is 11.8 Å². The third-order valence-electron chi connectivity index (χ3n) is 7.28. The van der Waals surface area contributed by atoms with Crippen LogP contribution in [0.25, 0.3) is 6.08 Å². The van der Waals surface area contributed by atoms with Crippen LogP contribution in [0.5, 0.6) is 0 Å². The molecule has 184 valence electrons. The van der Waals surface area contributed by atoms with Crippen LogP contribution in [0.3, 0.4) is 0 Å². The van der Waals surface area contributed by atoms with E-state index in [1.165, 1.54) is 24.0 Å². The number of benzene rings is 2. The van der Waals surface area contributed by atoms with Crippen molar-refractivity contribution in [3.05, 3.63) is 75.7 Å². The lowest BCUT2D eigenvalue weighted by Gasteiger charge is -2.44. The van der Waals surface area contributed by atoms with Gasteiger partial charge in [-0.05, 0) is 61.9 Å². The maximum atomic E-state index is 13.6. The number of aryl methyl sites for hydroxylation is 1. The van der Waals surface area contributed by atoms with E-state index in [0.717, 1.165) is 42.8 Å². The Morgan fingerprint density at radius 1 is 1.06 bits per heavy atom. The molecule has 35 heavy (non-hydrogen) atoms. The lowest BCUT2D eigenvalue weighted by Crippen LogP contribution is -2.50. The molecule has 0 aromatic heterocycles. The fraction of sp³-hybridized carbons (Fsp3) is 0.448. The van der Waals surface area contributed by atoms with Crippen LogP contribution < -0.4 is 5.32 Å². The van der Waals surface area contributed by atoms with Gasteiger partial charge >= 0.3 is 0 Å². The number of carbonyl (C=O) groups excluding carboxylic acids is 2. The van der Waals surface area contributed by atoms with Crippen LogP contribution in [0.2, 0.25) is 0 Å². The topological polar surface area (TPSA) is 58.6 Å². The van der Waals surface area contributed by atoms with Gasteiger partial charge in [-0.15, -0.1) is 11.8 Å². The summed E-state index contributed by atoms with van der Waals surface area (Å²) in [4.78, 5) is 29.0. The fourth-order valence-corrected chi connectivity index (χ4v) is 6.72. The molecule has 2 heterocycles.